The lowest BCUT2D eigenvalue weighted by molar-refractivity contribution is 0.0472. The number of ether oxygens (including phenoxy) is 1. The number of aromatic nitrogens is 1. The first-order valence-electron chi connectivity index (χ1n) is 6.81. The Hall–Kier alpha value is -2.97. The molecule has 2 aromatic heterocycles. The highest BCUT2D eigenvalue weighted by atomic mass is 35.5. The maximum absolute atomic E-state index is 12.1. The number of benzene rings is 1. The molecule has 0 unspecified atom stereocenters. The molecule has 2 heterocycles. The van der Waals surface area contributed by atoms with Crippen molar-refractivity contribution in [1.82, 2.24) is 4.40 Å². The molecule has 0 aliphatic heterocycles. The van der Waals surface area contributed by atoms with Crippen molar-refractivity contribution in [3.05, 3.63) is 70.5 Å². The Bertz CT molecular complexity index is 941. The lowest BCUT2D eigenvalue weighted by atomic mass is 10.2. The summed E-state index contributed by atoms with van der Waals surface area (Å²) in [4.78, 5) is 12.1. The molecule has 2 N–H and O–H groups in total. The summed E-state index contributed by atoms with van der Waals surface area (Å²) in [5.41, 5.74) is 8.22. The molecule has 0 atom stereocenters. The van der Waals surface area contributed by atoms with Crippen molar-refractivity contribution in [2.24, 2.45) is 0 Å². The van der Waals surface area contributed by atoms with Crippen LogP contribution < -0.4 is 5.73 Å². The van der Waals surface area contributed by atoms with E-state index in [0.717, 1.165) is 5.52 Å². The van der Waals surface area contributed by atoms with Crippen LogP contribution in [0.2, 0.25) is 5.02 Å². The molecule has 0 saturated carbocycles. The van der Waals surface area contributed by atoms with E-state index in [2.05, 4.69) is 6.07 Å². The molecule has 0 radical (unpaired) electrons. The lowest BCUT2D eigenvalue weighted by Crippen LogP contribution is -2.06. The number of pyridine rings is 1. The van der Waals surface area contributed by atoms with Crippen molar-refractivity contribution >= 4 is 28.8 Å². The number of nitriles is 1. The van der Waals surface area contributed by atoms with Crippen LogP contribution in [-0.2, 0) is 11.3 Å². The zero-order valence-electron chi connectivity index (χ0n) is 12.0. The van der Waals surface area contributed by atoms with Gasteiger partial charge < -0.3 is 14.9 Å². The van der Waals surface area contributed by atoms with Gasteiger partial charge in [-0.15, -0.1) is 0 Å². The Kier molecular flexibility index (Phi) is 3.92. The minimum atomic E-state index is -0.521. The van der Waals surface area contributed by atoms with Crippen molar-refractivity contribution in [3.8, 4) is 6.07 Å². The summed E-state index contributed by atoms with van der Waals surface area (Å²) < 4.78 is 7.10. The van der Waals surface area contributed by atoms with E-state index in [9.17, 15) is 10.1 Å². The standard InChI is InChI=1S/C17H12ClN3O2/c18-14-5-4-11(7-15(14)20)17(22)23-10-12-9-21-6-2-1-3-16(21)13(12)8-19/h1-7,9H,10,20H2. The number of carbonyl (C=O) groups is 1. The van der Waals surface area contributed by atoms with Gasteiger partial charge in [0.25, 0.3) is 0 Å². The second-order valence-corrected chi connectivity index (χ2v) is 5.35. The van der Waals surface area contributed by atoms with Crippen molar-refractivity contribution in [3.63, 3.8) is 0 Å². The van der Waals surface area contributed by atoms with E-state index in [0.29, 0.717) is 27.4 Å². The summed E-state index contributed by atoms with van der Waals surface area (Å²) in [6, 6.07) is 12.2. The third kappa shape index (κ3) is 2.85. The van der Waals surface area contributed by atoms with Crippen LogP contribution in [0.3, 0.4) is 0 Å². The first-order chi connectivity index (χ1) is 11.1. The minimum Gasteiger partial charge on any atom is -0.457 e. The SMILES string of the molecule is N#Cc1c(COC(=O)c2ccc(Cl)c(N)c2)cn2ccccc12. The van der Waals surface area contributed by atoms with Gasteiger partial charge in [-0.1, -0.05) is 17.7 Å². The number of halogens is 1. The molecule has 0 aliphatic rings. The van der Waals surface area contributed by atoms with Gasteiger partial charge >= 0.3 is 5.97 Å². The molecule has 1 aromatic carbocycles. The molecule has 0 saturated heterocycles. The molecule has 3 rings (SSSR count). The number of rotatable bonds is 3. The zero-order chi connectivity index (χ0) is 16.4. The molecule has 3 aromatic rings. The number of nitrogens with zero attached hydrogens (tertiary/aromatic N) is 2. The average Bonchev–Trinajstić information content (AvgIpc) is 2.92. The van der Waals surface area contributed by atoms with Gasteiger partial charge in [0.1, 0.15) is 12.7 Å². The maximum atomic E-state index is 12.1. The number of carbonyl (C=O) groups excluding carboxylic acids is 1. The molecule has 6 heteroatoms. The number of nitrogen functional groups attached to an aromatic ring is 1. The summed E-state index contributed by atoms with van der Waals surface area (Å²) in [5, 5.41) is 9.70. The molecule has 0 spiro atoms. The topological polar surface area (TPSA) is 80.5 Å². The van der Waals surface area contributed by atoms with E-state index < -0.39 is 5.97 Å². The lowest BCUT2D eigenvalue weighted by Gasteiger charge is -2.05. The van der Waals surface area contributed by atoms with E-state index in [1.165, 1.54) is 6.07 Å². The van der Waals surface area contributed by atoms with Crippen LogP contribution >= 0.6 is 11.6 Å². The number of anilines is 1. The van der Waals surface area contributed by atoms with Gasteiger partial charge in [-0.3, -0.25) is 0 Å². The van der Waals surface area contributed by atoms with Crippen molar-refractivity contribution < 1.29 is 9.53 Å². The summed E-state index contributed by atoms with van der Waals surface area (Å²) >= 11 is 5.83. The third-order valence-electron chi connectivity index (χ3n) is 3.46. The molecular formula is C17H12ClN3O2. The fraction of sp³-hybridized carbons (Fsp3) is 0.0588. The van der Waals surface area contributed by atoms with Crippen molar-refractivity contribution in [2.75, 3.05) is 5.73 Å². The Morgan fingerprint density at radius 1 is 1.35 bits per heavy atom. The highest BCUT2D eigenvalue weighted by Gasteiger charge is 2.14. The van der Waals surface area contributed by atoms with E-state index in [-0.39, 0.29) is 6.61 Å². The van der Waals surface area contributed by atoms with Crippen LogP contribution in [0, 0.1) is 11.3 Å². The number of hydrogen-bond donors (Lipinski definition) is 1. The number of esters is 1. The Labute approximate surface area is 137 Å². The van der Waals surface area contributed by atoms with Gasteiger partial charge in [0.05, 0.1) is 27.4 Å². The van der Waals surface area contributed by atoms with E-state index in [1.54, 1.807) is 18.3 Å². The maximum Gasteiger partial charge on any atom is 0.338 e. The Morgan fingerprint density at radius 3 is 2.91 bits per heavy atom. The highest BCUT2D eigenvalue weighted by molar-refractivity contribution is 6.33. The van der Waals surface area contributed by atoms with Crippen LogP contribution in [0.15, 0.2) is 48.8 Å². The first kappa shape index (κ1) is 14.9. The summed E-state index contributed by atoms with van der Waals surface area (Å²) in [6.07, 6.45) is 3.61. The second-order valence-electron chi connectivity index (χ2n) is 4.95. The smallest absolute Gasteiger partial charge is 0.338 e. The van der Waals surface area contributed by atoms with Crippen LogP contribution in [-0.4, -0.2) is 10.4 Å². The summed E-state index contributed by atoms with van der Waals surface area (Å²) in [7, 11) is 0. The molecule has 0 fully saturated rings. The zero-order valence-corrected chi connectivity index (χ0v) is 12.7. The normalized spacial score (nSPS) is 10.4. The van der Waals surface area contributed by atoms with E-state index >= 15 is 0 Å². The fourth-order valence-electron chi connectivity index (χ4n) is 2.31. The molecule has 114 valence electrons. The van der Waals surface area contributed by atoms with Crippen LogP contribution in [0.25, 0.3) is 5.52 Å². The predicted octanol–water partition coefficient (Wildman–Crippen LogP) is 3.40. The largest absolute Gasteiger partial charge is 0.457 e. The number of fused-ring (bicyclic) bond motifs is 1. The van der Waals surface area contributed by atoms with Crippen LogP contribution in [0.1, 0.15) is 21.5 Å². The Morgan fingerprint density at radius 2 is 2.17 bits per heavy atom. The molecule has 5 nitrogen and oxygen atoms in total. The monoisotopic (exact) mass is 325 g/mol. The summed E-state index contributed by atoms with van der Waals surface area (Å²) in [5.74, 6) is -0.521. The van der Waals surface area contributed by atoms with Gasteiger partial charge in [0, 0.05) is 18.0 Å². The number of nitrogens with two attached hydrogens (primary N) is 1. The van der Waals surface area contributed by atoms with Crippen LogP contribution in [0.5, 0.6) is 0 Å². The van der Waals surface area contributed by atoms with Gasteiger partial charge in [-0.05, 0) is 30.3 Å². The number of hydrogen-bond acceptors (Lipinski definition) is 4. The fourth-order valence-corrected chi connectivity index (χ4v) is 2.43. The average molecular weight is 326 g/mol. The summed E-state index contributed by atoms with van der Waals surface area (Å²) in [6.45, 7) is 0.00589. The van der Waals surface area contributed by atoms with Gasteiger partial charge in [-0.25, -0.2) is 4.79 Å². The van der Waals surface area contributed by atoms with E-state index in [4.69, 9.17) is 22.1 Å². The van der Waals surface area contributed by atoms with Gasteiger partial charge in [-0.2, -0.15) is 5.26 Å². The Balaban J connectivity index is 1.82. The third-order valence-corrected chi connectivity index (χ3v) is 3.81. The van der Waals surface area contributed by atoms with Crippen molar-refractivity contribution in [2.45, 2.75) is 6.61 Å². The molecule has 0 bridgehead atoms. The van der Waals surface area contributed by atoms with Gasteiger partial charge in [0.15, 0.2) is 0 Å². The molecule has 23 heavy (non-hydrogen) atoms. The quantitative estimate of drug-likeness (QED) is 0.591. The van der Waals surface area contributed by atoms with Crippen LogP contribution in [0.4, 0.5) is 5.69 Å². The second kappa shape index (κ2) is 6.03. The molecule has 0 amide bonds. The van der Waals surface area contributed by atoms with E-state index in [1.807, 2.05) is 28.8 Å². The minimum absolute atomic E-state index is 0.00589. The predicted molar refractivity (Wildman–Crippen MR) is 87.1 cm³/mol. The van der Waals surface area contributed by atoms with Gasteiger partial charge in [0.2, 0.25) is 0 Å². The molecular weight excluding hydrogens is 314 g/mol. The highest BCUT2D eigenvalue weighted by Crippen LogP contribution is 2.21. The first-order valence-corrected chi connectivity index (χ1v) is 7.19. The molecule has 0 aliphatic carbocycles. The van der Waals surface area contributed by atoms with Crippen molar-refractivity contribution in [1.29, 1.82) is 5.26 Å².